The first-order valence-electron chi connectivity index (χ1n) is 7.17. The van der Waals surface area contributed by atoms with Crippen LogP contribution >= 0.6 is 23.1 Å². The molecule has 1 amide bonds. The zero-order chi connectivity index (χ0) is 15.4. The molecule has 22 heavy (non-hydrogen) atoms. The largest absolute Gasteiger partial charge is 0.383 e. The minimum absolute atomic E-state index is 0.00919. The molecule has 8 heteroatoms. The van der Waals surface area contributed by atoms with E-state index in [0.717, 1.165) is 28.7 Å². The third-order valence-corrected chi connectivity index (χ3v) is 5.09. The van der Waals surface area contributed by atoms with Gasteiger partial charge in [0.1, 0.15) is 0 Å². The van der Waals surface area contributed by atoms with Crippen LogP contribution in [-0.4, -0.2) is 46.7 Å². The highest BCUT2D eigenvalue weighted by Gasteiger charge is 2.30. The van der Waals surface area contributed by atoms with E-state index in [1.165, 1.54) is 11.8 Å². The maximum absolute atomic E-state index is 11.8. The molecule has 2 heterocycles. The minimum Gasteiger partial charge on any atom is -0.383 e. The van der Waals surface area contributed by atoms with Crippen molar-refractivity contribution in [3.8, 4) is 10.7 Å². The molecule has 0 bridgehead atoms. The maximum atomic E-state index is 11.8. The molecule has 1 fully saturated rings. The number of thiophene rings is 1. The van der Waals surface area contributed by atoms with Gasteiger partial charge < -0.3 is 10.1 Å². The fourth-order valence-corrected chi connectivity index (χ4v) is 3.63. The van der Waals surface area contributed by atoms with Gasteiger partial charge in [-0.3, -0.25) is 9.36 Å². The van der Waals surface area contributed by atoms with E-state index in [-0.39, 0.29) is 5.91 Å². The Balaban J connectivity index is 1.65. The Morgan fingerprint density at radius 2 is 2.41 bits per heavy atom. The van der Waals surface area contributed by atoms with E-state index >= 15 is 0 Å². The van der Waals surface area contributed by atoms with Crippen LogP contribution in [-0.2, 0) is 9.53 Å². The Bertz CT molecular complexity index is 623. The SMILES string of the molecule is COCCNC(=O)CSc1nnc(-c2cccs2)n1C1CC1. The molecule has 0 aliphatic heterocycles. The number of rotatable bonds is 8. The summed E-state index contributed by atoms with van der Waals surface area (Å²) in [6, 6.07) is 4.55. The number of aromatic nitrogens is 3. The van der Waals surface area contributed by atoms with Crippen LogP contribution in [0.5, 0.6) is 0 Å². The van der Waals surface area contributed by atoms with Crippen LogP contribution < -0.4 is 5.32 Å². The number of ether oxygens (including phenoxy) is 1. The van der Waals surface area contributed by atoms with E-state index in [4.69, 9.17) is 4.74 Å². The van der Waals surface area contributed by atoms with Gasteiger partial charge in [-0.25, -0.2) is 0 Å². The molecule has 1 saturated carbocycles. The summed E-state index contributed by atoms with van der Waals surface area (Å²) in [5, 5.41) is 14.3. The topological polar surface area (TPSA) is 69.0 Å². The minimum atomic E-state index is -0.00919. The molecule has 0 radical (unpaired) electrons. The molecule has 2 aromatic rings. The summed E-state index contributed by atoms with van der Waals surface area (Å²) >= 11 is 3.10. The summed E-state index contributed by atoms with van der Waals surface area (Å²) in [6.45, 7) is 1.06. The smallest absolute Gasteiger partial charge is 0.230 e. The van der Waals surface area contributed by atoms with Gasteiger partial charge in [-0.2, -0.15) is 0 Å². The van der Waals surface area contributed by atoms with Crippen LogP contribution in [0.3, 0.4) is 0 Å². The van der Waals surface area contributed by atoms with Gasteiger partial charge in [0.15, 0.2) is 11.0 Å². The molecule has 6 nitrogen and oxygen atoms in total. The lowest BCUT2D eigenvalue weighted by Crippen LogP contribution is -2.28. The molecule has 0 spiro atoms. The number of methoxy groups -OCH3 is 1. The Morgan fingerprint density at radius 1 is 1.55 bits per heavy atom. The van der Waals surface area contributed by atoms with Gasteiger partial charge in [-0.1, -0.05) is 17.8 Å². The van der Waals surface area contributed by atoms with Crippen LogP contribution in [0, 0.1) is 0 Å². The second-order valence-corrected chi connectivity index (χ2v) is 6.91. The second-order valence-electron chi connectivity index (χ2n) is 5.02. The quantitative estimate of drug-likeness (QED) is 0.590. The molecular formula is C14H18N4O2S2. The zero-order valence-electron chi connectivity index (χ0n) is 12.3. The van der Waals surface area contributed by atoms with E-state index in [9.17, 15) is 4.79 Å². The predicted molar refractivity (Wildman–Crippen MR) is 87.2 cm³/mol. The number of hydrogen-bond donors (Lipinski definition) is 1. The molecule has 1 N–H and O–H groups in total. The highest BCUT2D eigenvalue weighted by molar-refractivity contribution is 7.99. The first kappa shape index (κ1) is 15.5. The highest BCUT2D eigenvalue weighted by Crippen LogP contribution is 2.41. The first-order valence-corrected chi connectivity index (χ1v) is 9.03. The molecule has 1 aliphatic carbocycles. The first-order chi connectivity index (χ1) is 10.8. The standard InChI is InChI=1S/C14H18N4O2S2/c1-20-7-6-15-12(19)9-22-14-17-16-13(11-3-2-8-21-11)18(14)10-4-5-10/h2-3,8,10H,4-7,9H2,1H3,(H,15,19). The lowest BCUT2D eigenvalue weighted by molar-refractivity contribution is -0.118. The van der Waals surface area contributed by atoms with Gasteiger partial charge in [0.05, 0.1) is 17.2 Å². The second kappa shape index (κ2) is 7.26. The Morgan fingerprint density at radius 3 is 3.09 bits per heavy atom. The van der Waals surface area contributed by atoms with Gasteiger partial charge in [0, 0.05) is 19.7 Å². The fourth-order valence-electron chi connectivity index (χ4n) is 2.08. The van der Waals surface area contributed by atoms with E-state index in [1.54, 1.807) is 18.4 Å². The lowest BCUT2D eigenvalue weighted by Gasteiger charge is -2.08. The summed E-state index contributed by atoms with van der Waals surface area (Å²) in [4.78, 5) is 12.9. The Kier molecular flexibility index (Phi) is 5.12. The Hall–Kier alpha value is -1.38. The van der Waals surface area contributed by atoms with Gasteiger partial charge in [0.2, 0.25) is 5.91 Å². The van der Waals surface area contributed by atoms with Crippen molar-refractivity contribution >= 4 is 29.0 Å². The summed E-state index contributed by atoms with van der Waals surface area (Å²) in [5.74, 6) is 1.25. The van der Waals surface area contributed by atoms with Gasteiger partial charge in [-0.15, -0.1) is 21.5 Å². The number of carbonyl (C=O) groups is 1. The van der Waals surface area contributed by atoms with Gasteiger partial charge in [-0.05, 0) is 24.3 Å². The van der Waals surface area contributed by atoms with Crippen molar-refractivity contribution in [3.05, 3.63) is 17.5 Å². The van der Waals surface area contributed by atoms with Crippen molar-refractivity contribution < 1.29 is 9.53 Å². The van der Waals surface area contributed by atoms with E-state index in [1.807, 2.05) is 11.4 Å². The van der Waals surface area contributed by atoms with Crippen LogP contribution in [0.15, 0.2) is 22.7 Å². The van der Waals surface area contributed by atoms with E-state index < -0.39 is 0 Å². The van der Waals surface area contributed by atoms with Crippen molar-refractivity contribution in [2.24, 2.45) is 0 Å². The molecule has 0 unspecified atom stereocenters. The summed E-state index contributed by atoms with van der Waals surface area (Å²) in [5.41, 5.74) is 0. The zero-order valence-corrected chi connectivity index (χ0v) is 14.0. The number of nitrogens with one attached hydrogen (secondary N) is 1. The summed E-state index contributed by atoms with van der Waals surface area (Å²) in [6.07, 6.45) is 2.31. The van der Waals surface area contributed by atoms with Crippen molar-refractivity contribution in [2.75, 3.05) is 26.0 Å². The van der Waals surface area contributed by atoms with Crippen LogP contribution in [0.2, 0.25) is 0 Å². The molecule has 0 aromatic carbocycles. The summed E-state index contributed by atoms with van der Waals surface area (Å²) in [7, 11) is 1.62. The molecule has 2 aromatic heterocycles. The molecule has 0 saturated heterocycles. The normalized spacial score (nSPS) is 14.2. The number of carbonyl (C=O) groups excluding carboxylic acids is 1. The number of thioether (sulfide) groups is 1. The van der Waals surface area contributed by atoms with Crippen LogP contribution in [0.25, 0.3) is 10.7 Å². The van der Waals surface area contributed by atoms with Crippen LogP contribution in [0.1, 0.15) is 18.9 Å². The van der Waals surface area contributed by atoms with E-state index in [0.29, 0.717) is 24.9 Å². The van der Waals surface area contributed by atoms with Crippen molar-refractivity contribution in [2.45, 2.75) is 24.0 Å². The maximum Gasteiger partial charge on any atom is 0.230 e. The number of nitrogens with zero attached hydrogens (tertiary/aromatic N) is 3. The average molecular weight is 338 g/mol. The van der Waals surface area contributed by atoms with Crippen LogP contribution in [0.4, 0.5) is 0 Å². The monoisotopic (exact) mass is 338 g/mol. The molecule has 3 rings (SSSR count). The third kappa shape index (κ3) is 3.68. The number of hydrogen-bond acceptors (Lipinski definition) is 6. The average Bonchev–Trinajstić information content (AvgIpc) is 3.04. The predicted octanol–water partition coefficient (Wildman–Crippen LogP) is 2.20. The Labute approximate surface area is 137 Å². The third-order valence-electron chi connectivity index (χ3n) is 3.28. The lowest BCUT2D eigenvalue weighted by atomic mass is 10.4. The molecule has 1 aliphatic rings. The molecule has 118 valence electrons. The highest BCUT2D eigenvalue weighted by atomic mass is 32.2. The number of amides is 1. The van der Waals surface area contributed by atoms with Crippen molar-refractivity contribution in [1.29, 1.82) is 0 Å². The molecule has 0 atom stereocenters. The fraction of sp³-hybridized carbons (Fsp3) is 0.500. The summed E-state index contributed by atoms with van der Waals surface area (Å²) < 4.78 is 7.09. The van der Waals surface area contributed by atoms with Crippen molar-refractivity contribution in [3.63, 3.8) is 0 Å². The van der Waals surface area contributed by atoms with Gasteiger partial charge >= 0.3 is 0 Å². The van der Waals surface area contributed by atoms with E-state index in [2.05, 4.69) is 26.1 Å². The van der Waals surface area contributed by atoms with Gasteiger partial charge in [0.25, 0.3) is 0 Å². The molecular weight excluding hydrogens is 320 g/mol. The van der Waals surface area contributed by atoms with Crippen molar-refractivity contribution in [1.82, 2.24) is 20.1 Å².